The minimum Gasteiger partial charge on any atom is -1.00 e. The van der Waals surface area contributed by atoms with Gasteiger partial charge in [0.15, 0.2) is 6.54 Å². The number of thioether (sulfide) groups is 1. The summed E-state index contributed by atoms with van der Waals surface area (Å²) in [7, 11) is 2.69. The first-order valence-corrected chi connectivity index (χ1v) is 17.2. The molecule has 2 heterocycles. The van der Waals surface area contributed by atoms with Crippen molar-refractivity contribution in [2.45, 2.75) is 38.1 Å². The van der Waals surface area contributed by atoms with Crippen LogP contribution in [0.25, 0.3) is 27.1 Å². The second-order valence-electron chi connectivity index (χ2n) is 11.8. The van der Waals surface area contributed by atoms with Crippen LogP contribution in [0.5, 0.6) is 0 Å². The standard InChI is InChI=1S/C32H38N3O3S3.2BrH/c1-23-12-14-28-27(20-23)33(16-8-18-35(3,4)5)30(39-28)21-24(2)22-31-34(17-9-19-41(36,37)38)32-26-11-7-6-10-25(26)13-15-29(32)40-31;;/h6-7,10-15,20-22H,8-9,16-19H2,1-5H3;2*1H/q+1;;/p-1. The number of hydrogen-bond donors (Lipinski definition) is 1. The fourth-order valence-electron chi connectivity index (χ4n) is 5.29. The van der Waals surface area contributed by atoms with Gasteiger partial charge in [0.25, 0.3) is 15.1 Å². The monoisotopic (exact) mass is 767 g/mol. The Kier molecular flexibility index (Phi) is 12.1. The van der Waals surface area contributed by atoms with Gasteiger partial charge in [0.1, 0.15) is 4.70 Å². The molecular formula is C32H39Br2N3O3S3. The molecule has 1 aliphatic heterocycles. The van der Waals surface area contributed by atoms with E-state index in [-0.39, 0.29) is 39.7 Å². The van der Waals surface area contributed by atoms with Gasteiger partial charge in [-0.15, -0.1) is 0 Å². The lowest BCUT2D eigenvalue weighted by Gasteiger charge is -2.26. The molecule has 0 fully saturated rings. The highest BCUT2D eigenvalue weighted by Gasteiger charge is 2.26. The van der Waals surface area contributed by atoms with Crippen LogP contribution in [0.1, 0.15) is 30.3 Å². The van der Waals surface area contributed by atoms with Crippen molar-refractivity contribution in [1.29, 1.82) is 0 Å². The smallest absolute Gasteiger partial charge is 0.265 e. The lowest BCUT2D eigenvalue weighted by atomic mass is 10.1. The van der Waals surface area contributed by atoms with Gasteiger partial charge in [-0.05, 0) is 60.7 Å². The maximum absolute atomic E-state index is 11.5. The van der Waals surface area contributed by atoms with Crippen LogP contribution in [0.15, 0.2) is 76.2 Å². The number of fused-ring (bicyclic) bond motifs is 4. The minimum atomic E-state index is -4.02. The molecule has 0 radical (unpaired) electrons. The number of benzene rings is 3. The van der Waals surface area contributed by atoms with Gasteiger partial charge in [0.2, 0.25) is 5.52 Å². The number of allylic oxidation sites excluding steroid dienone is 2. The highest BCUT2D eigenvalue weighted by atomic mass is 79.9. The Bertz CT molecular complexity index is 1780. The lowest BCUT2D eigenvalue weighted by molar-refractivity contribution is -0.870. The molecule has 0 saturated heterocycles. The van der Waals surface area contributed by atoms with Crippen molar-refractivity contribution < 1.29 is 56.0 Å². The number of anilines is 1. The van der Waals surface area contributed by atoms with Crippen LogP contribution >= 0.6 is 23.1 Å². The van der Waals surface area contributed by atoms with Crippen LogP contribution in [0, 0.1) is 6.92 Å². The molecule has 43 heavy (non-hydrogen) atoms. The first-order chi connectivity index (χ1) is 19.4. The third-order valence-corrected chi connectivity index (χ3v) is 10.2. The Balaban J connectivity index is 0.00000253. The van der Waals surface area contributed by atoms with Crippen LogP contribution in [0.4, 0.5) is 5.69 Å². The van der Waals surface area contributed by atoms with Gasteiger partial charge < -0.3 is 43.3 Å². The number of quaternary nitrogens is 1. The van der Waals surface area contributed by atoms with Crippen molar-refractivity contribution in [1.82, 2.24) is 0 Å². The molecule has 1 aromatic heterocycles. The van der Waals surface area contributed by atoms with E-state index < -0.39 is 10.1 Å². The molecule has 1 aliphatic rings. The molecule has 0 bridgehead atoms. The van der Waals surface area contributed by atoms with E-state index in [4.69, 9.17) is 0 Å². The molecular weight excluding hydrogens is 730 g/mol. The molecule has 1 N–H and O–H groups in total. The summed E-state index contributed by atoms with van der Waals surface area (Å²) in [5.74, 6) is -0.259. The van der Waals surface area contributed by atoms with E-state index in [2.05, 4.69) is 99.1 Å². The van der Waals surface area contributed by atoms with Crippen molar-refractivity contribution in [3.63, 3.8) is 0 Å². The van der Waals surface area contributed by atoms with Gasteiger partial charge in [0.05, 0.1) is 49.5 Å². The summed E-state index contributed by atoms with van der Waals surface area (Å²) in [4.78, 5) is 3.74. The number of halogens is 2. The Morgan fingerprint density at radius 3 is 2.51 bits per heavy atom. The highest BCUT2D eigenvalue weighted by Crippen LogP contribution is 2.47. The largest absolute Gasteiger partial charge is 1.00 e. The normalized spacial score (nSPS) is 14.7. The van der Waals surface area contributed by atoms with Crippen LogP contribution in [0.3, 0.4) is 0 Å². The van der Waals surface area contributed by atoms with Crippen LogP contribution in [-0.2, 0) is 16.7 Å². The third-order valence-electron chi connectivity index (χ3n) is 7.20. The zero-order chi connectivity index (χ0) is 29.4. The van der Waals surface area contributed by atoms with Crippen molar-refractivity contribution in [2.75, 3.05) is 44.9 Å². The Labute approximate surface area is 285 Å². The van der Waals surface area contributed by atoms with E-state index in [9.17, 15) is 13.0 Å². The molecule has 5 rings (SSSR count). The molecule has 11 heteroatoms. The first-order valence-electron chi connectivity index (χ1n) is 13.9. The zero-order valence-electron chi connectivity index (χ0n) is 25.2. The topological polar surface area (TPSA) is 61.5 Å². The van der Waals surface area contributed by atoms with E-state index in [0.717, 1.165) is 55.6 Å². The summed E-state index contributed by atoms with van der Waals surface area (Å²) in [6.07, 6.45) is 5.91. The van der Waals surface area contributed by atoms with Gasteiger partial charge in [-0.3, -0.25) is 4.55 Å². The summed E-state index contributed by atoms with van der Waals surface area (Å²) in [6, 6.07) is 19.3. The lowest BCUT2D eigenvalue weighted by Crippen LogP contribution is -3.00. The van der Waals surface area contributed by atoms with E-state index >= 15 is 0 Å². The predicted molar refractivity (Wildman–Crippen MR) is 174 cm³/mol. The Hall–Kier alpha value is -1.73. The Morgan fingerprint density at radius 1 is 1.05 bits per heavy atom. The molecule has 4 aromatic rings. The van der Waals surface area contributed by atoms with E-state index in [1.807, 2.05) is 23.9 Å². The predicted octanol–water partition coefficient (Wildman–Crippen LogP) is 0.890. The fraction of sp³-hybridized carbons (Fsp3) is 0.344. The van der Waals surface area contributed by atoms with Gasteiger partial charge in [-0.1, -0.05) is 53.4 Å². The van der Waals surface area contributed by atoms with Crippen molar-refractivity contribution in [3.05, 3.63) is 81.8 Å². The first kappa shape index (κ1) is 35.7. The second kappa shape index (κ2) is 14.6. The van der Waals surface area contributed by atoms with Crippen molar-refractivity contribution in [2.24, 2.45) is 0 Å². The number of thiazole rings is 1. The van der Waals surface area contributed by atoms with Gasteiger partial charge in [0, 0.05) is 30.4 Å². The van der Waals surface area contributed by atoms with Crippen LogP contribution in [-0.4, -0.2) is 57.4 Å². The van der Waals surface area contributed by atoms with E-state index in [1.54, 1.807) is 11.3 Å². The average Bonchev–Trinajstić information content (AvgIpc) is 3.40. The molecule has 0 unspecified atom stereocenters. The highest BCUT2D eigenvalue weighted by molar-refractivity contribution is 8.03. The second-order valence-corrected chi connectivity index (χ2v) is 15.5. The molecule has 0 spiro atoms. The summed E-state index contributed by atoms with van der Waals surface area (Å²) >= 11 is 3.53. The summed E-state index contributed by atoms with van der Waals surface area (Å²) in [5.41, 5.74) is 4.78. The maximum Gasteiger partial charge on any atom is 0.265 e. The number of aryl methyl sites for hydroxylation is 2. The molecule has 0 saturated carbocycles. The molecule has 232 valence electrons. The van der Waals surface area contributed by atoms with E-state index in [0.29, 0.717) is 13.0 Å². The maximum atomic E-state index is 11.5. The summed E-state index contributed by atoms with van der Waals surface area (Å²) < 4.78 is 36.7. The van der Waals surface area contributed by atoms with Crippen LogP contribution < -0.4 is 43.4 Å². The molecule has 0 aliphatic carbocycles. The number of aromatic nitrogens is 1. The number of rotatable bonds is 10. The number of nitrogens with zero attached hydrogens (tertiary/aromatic N) is 3. The fourth-order valence-corrected chi connectivity index (χ4v) is 8.18. The minimum absolute atomic E-state index is 0. The third kappa shape index (κ3) is 8.93. The summed E-state index contributed by atoms with van der Waals surface area (Å²) in [6.45, 7) is 6.84. The summed E-state index contributed by atoms with van der Waals surface area (Å²) in [5, 5.41) is 4.58. The quantitative estimate of drug-likeness (QED) is 0.148. The van der Waals surface area contributed by atoms with Crippen LogP contribution in [0.2, 0.25) is 0 Å². The van der Waals surface area contributed by atoms with Gasteiger partial charge in [-0.25, -0.2) is 0 Å². The Morgan fingerprint density at radius 2 is 1.79 bits per heavy atom. The van der Waals surface area contributed by atoms with Crippen molar-refractivity contribution >= 4 is 66.0 Å². The van der Waals surface area contributed by atoms with Gasteiger partial charge in [-0.2, -0.15) is 13.0 Å². The van der Waals surface area contributed by atoms with Crippen molar-refractivity contribution in [3.8, 4) is 0 Å². The SMILES string of the molecule is CC(=Cc1sc2ccc3ccccc3c2[n+]1CCCS(=O)(=O)O)C=C1Sc2ccc(C)cc2N1CCC[N+](C)(C)C.[Br-].[Br-]. The molecule has 6 nitrogen and oxygen atoms in total. The molecule has 0 amide bonds. The molecule has 3 aromatic carbocycles. The van der Waals surface area contributed by atoms with Gasteiger partial charge >= 0.3 is 0 Å². The zero-order valence-corrected chi connectivity index (χ0v) is 30.8. The van der Waals surface area contributed by atoms with E-state index in [1.165, 1.54) is 21.2 Å². The average molecular weight is 770 g/mol. The number of hydrogen-bond acceptors (Lipinski definition) is 5. The molecule has 0 atom stereocenters.